The fraction of sp³-hybridized carbons (Fsp3) is 0.154. The molecule has 0 N–H and O–H groups in total. The van der Waals surface area contributed by atoms with Gasteiger partial charge in [-0.3, -0.25) is 4.98 Å². The second-order valence-corrected chi connectivity index (χ2v) is 5.45. The monoisotopic (exact) mass is 285 g/mol. The molecule has 4 nitrogen and oxygen atoms in total. The maximum atomic E-state index is 10.5. The molecule has 19 heavy (non-hydrogen) atoms. The van der Waals surface area contributed by atoms with E-state index in [1.165, 1.54) is 0 Å². The molecule has 0 aliphatic heterocycles. The minimum atomic E-state index is -4.15. The Balaban J connectivity index is 0.00000180. The first-order valence-corrected chi connectivity index (χ1v) is 7.06. The van der Waals surface area contributed by atoms with Gasteiger partial charge in [0, 0.05) is 17.5 Å². The summed E-state index contributed by atoms with van der Waals surface area (Å²) < 4.78 is 31.6. The van der Waals surface area contributed by atoms with E-state index in [9.17, 15) is 13.0 Å². The van der Waals surface area contributed by atoms with Crippen LogP contribution in [-0.2, 0) is 16.5 Å². The van der Waals surface area contributed by atoms with Crippen molar-refractivity contribution in [2.24, 2.45) is 0 Å². The fourth-order valence-electron chi connectivity index (χ4n) is 1.62. The van der Waals surface area contributed by atoms with E-state index in [1.54, 1.807) is 6.20 Å². The zero-order valence-electron chi connectivity index (χ0n) is 10.6. The molecule has 2 aromatic rings. The van der Waals surface area contributed by atoms with Crippen LogP contribution in [0.25, 0.3) is 11.3 Å². The van der Waals surface area contributed by atoms with Gasteiger partial charge < -0.3 is 4.55 Å². The number of hydrogen-bond acceptors (Lipinski definition) is 4. The van der Waals surface area contributed by atoms with Crippen LogP contribution in [0.4, 0.5) is 0 Å². The van der Waals surface area contributed by atoms with Gasteiger partial charge in [0.05, 0.1) is 15.8 Å². The predicted molar refractivity (Wildman–Crippen MR) is 67.9 cm³/mol. The van der Waals surface area contributed by atoms with Crippen LogP contribution in [0.1, 0.15) is 5.56 Å². The molecule has 6 heteroatoms. The molecule has 94 valence electrons. The summed E-state index contributed by atoms with van der Waals surface area (Å²) in [5, 5.41) is 0. The Kier molecular flexibility index (Phi) is 6.16. The largest absolute Gasteiger partial charge is 1.00 e. The van der Waals surface area contributed by atoms with Crippen molar-refractivity contribution in [1.29, 1.82) is 0 Å². The fourth-order valence-corrected chi connectivity index (χ4v) is 2.10. The molecular weight excluding hydrogens is 273 g/mol. The third kappa shape index (κ3) is 5.42. The molecule has 0 radical (unpaired) electrons. The average Bonchev–Trinajstić information content (AvgIpc) is 2.37. The van der Waals surface area contributed by atoms with Crippen molar-refractivity contribution in [1.82, 2.24) is 4.98 Å². The van der Waals surface area contributed by atoms with E-state index < -0.39 is 10.1 Å². The van der Waals surface area contributed by atoms with Gasteiger partial charge in [-0.1, -0.05) is 30.3 Å². The minimum Gasteiger partial charge on any atom is -0.748 e. The van der Waals surface area contributed by atoms with Crippen LogP contribution >= 0.6 is 0 Å². The molecule has 0 aliphatic rings. The van der Waals surface area contributed by atoms with Crippen LogP contribution in [0.5, 0.6) is 0 Å². The van der Waals surface area contributed by atoms with Crippen LogP contribution in [0.2, 0.25) is 0 Å². The van der Waals surface area contributed by atoms with Crippen molar-refractivity contribution in [3.8, 4) is 11.3 Å². The van der Waals surface area contributed by atoms with Gasteiger partial charge in [0.25, 0.3) is 0 Å². The molecule has 0 fully saturated rings. The Morgan fingerprint density at radius 1 is 1.05 bits per heavy atom. The van der Waals surface area contributed by atoms with Gasteiger partial charge in [-0.15, -0.1) is 0 Å². The number of hydrogen-bond donors (Lipinski definition) is 0. The maximum absolute atomic E-state index is 10.5. The van der Waals surface area contributed by atoms with Crippen LogP contribution in [0.3, 0.4) is 0 Å². The van der Waals surface area contributed by atoms with Crippen molar-refractivity contribution < 1.29 is 42.5 Å². The summed E-state index contributed by atoms with van der Waals surface area (Å²) in [5.74, 6) is -0.365. The van der Waals surface area contributed by atoms with E-state index in [1.807, 2.05) is 42.5 Å². The van der Waals surface area contributed by atoms with Crippen molar-refractivity contribution in [2.75, 3.05) is 5.75 Å². The smallest absolute Gasteiger partial charge is 0.748 e. The standard InChI is InChI=1S/C13H13NO3S.Na/c15-18(16,17)10-8-11-4-6-12(7-5-11)13-3-1-2-9-14-13;/h1-7,9H,8,10H2,(H,15,16,17);/q;+1/p-1. The second-order valence-electron chi connectivity index (χ2n) is 3.92. The summed E-state index contributed by atoms with van der Waals surface area (Å²) in [4.78, 5) is 4.22. The van der Waals surface area contributed by atoms with E-state index in [0.717, 1.165) is 16.8 Å². The Hall–Kier alpha value is -0.720. The topological polar surface area (TPSA) is 70.1 Å². The van der Waals surface area contributed by atoms with Crippen molar-refractivity contribution >= 4 is 10.1 Å². The minimum absolute atomic E-state index is 0. The maximum Gasteiger partial charge on any atom is 1.00 e. The first kappa shape index (κ1) is 16.3. The van der Waals surface area contributed by atoms with Crippen LogP contribution in [-0.4, -0.2) is 23.7 Å². The van der Waals surface area contributed by atoms with Crippen LogP contribution in [0.15, 0.2) is 48.7 Å². The van der Waals surface area contributed by atoms with Gasteiger partial charge in [0.2, 0.25) is 0 Å². The first-order chi connectivity index (χ1) is 8.54. The second kappa shape index (κ2) is 7.17. The van der Waals surface area contributed by atoms with Gasteiger partial charge in [0.1, 0.15) is 0 Å². The molecule has 0 bridgehead atoms. The number of nitrogens with zero attached hydrogens (tertiary/aromatic N) is 1. The quantitative estimate of drug-likeness (QED) is 0.525. The summed E-state index contributed by atoms with van der Waals surface area (Å²) in [6.07, 6.45) is 1.96. The number of pyridine rings is 1. The molecule has 1 aromatic heterocycles. The SMILES string of the molecule is O=S(=O)([O-])CCc1ccc(-c2ccccn2)cc1.[Na+]. The Bertz CT molecular complexity index is 612. The van der Waals surface area contributed by atoms with Crippen LogP contribution in [0, 0.1) is 0 Å². The molecule has 0 atom stereocenters. The number of rotatable bonds is 4. The molecule has 0 unspecified atom stereocenters. The molecule has 1 heterocycles. The number of aryl methyl sites for hydroxylation is 1. The third-order valence-corrected chi connectivity index (χ3v) is 3.26. The molecule has 0 aliphatic carbocycles. The molecule has 0 saturated heterocycles. The Labute approximate surface area is 134 Å². The summed E-state index contributed by atoms with van der Waals surface area (Å²) >= 11 is 0. The molecule has 2 rings (SSSR count). The predicted octanol–water partition coefficient (Wildman–Crippen LogP) is -1.16. The Morgan fingerprint density at radius 3 is 2.26 bits per heavy atom. The first-order valence-electron chi connectivity index (χ1n) is 5.48. The van der Waals surface area contributed by atoms with E-state index in [4.69, 9.17) is 0 Å². The van der Waals surface area contributed by atoms with Crippen LogP contribution < -0.4 is 29.6 Å². The van der Waals surface area contributed by atoms with Gasteiger partial charge in [-0.05, 0) is 24.1 Å². The zero-order chi connectivity index (χ0) is 13.0. The van der Waals surface area contributed by atoms with Gasteiger partial charge in [-0.2, -0.15) is 0 Å². The van der Waals surface area contributed by atoms with E-state index in [-0.39, 0.29) is 41.7 Å². The van der Waals surface area contributed by atoms with Gasteiger partial charge in [-0.25, -0.2) is 8.42 Å². The van der Waals surface area contributed by atoms with Crippen molar-refractivity contribution in [2.45, 2.75) is 6.42 Å². The normalized spacial score (nSPS) is 10.8. The van der Waals surface area contributed by atoms with Crippen molar-refractivity contribution in [3.05, 3.63) is 54.2 Å². The summed E-state index contributed by atoms with van der Waals surface area (Å²) in [6, 6.07) is 13.0. The van der Waals surface area contributed by atoms with Gasteiger partial charge >= 0.3 is 29.6 Å². The molecular formula is C13H12NNaO3S. The zero-order valence-corrected chi connectivity index (χ0v) is 13.4. The van der Waals surface area contributed by atoms with E-state index >= 15 is 0 Å². The van der Waals surface area contributed by atoms with E-state index in [0.29, 0.717) is 0 Å². The van der Waals surface area contributed by atoms with E-state index in [2.05, 4.69) is 4.98 Å². The summed E-state index contributed by atoms with van der Waals surface area (Å²) in [5.41, 5.74) is 2.65. The summed E-state index contributed by atoms with van der Waals surface area (Å²) in [6.45, 7) is 0. The number of benzene rings is 1. The van der Waals surface area contributed by atoms with Gasteiger partial charge in [0.15, 0.2) is 0 Å². The Morgan fingerprint density at radius 2 is 1.74 bits per heavy atom. The number of aromatic nitrogens is 1. The average molecular weight is 285 g/mol. The molecule has 1 aromatic carbocycles. The molecule has 0 saturated carbocycles. The van der Waals surface area contributed by atoms with Crippen molar-refractivity contribution in [3.63, 3.8) is 0 Å². The summed E-state index contributed by atoms with van der Waals surface area (Å²) in [7, 11) is -4.15. The molecule has 0 spiro atoms. The third-order valence-electron chi connectivity index (χ3n) is 2.56. The molecule has 0 amide bonds.